The molecule has 1 fully saturated rings. The number of thiazole rings is 1. The average Bonchev–Trinajstić information content (AvgIpc) is 3.27. The molecular formula is C22H22FN3O3S2. The molecule has 0 atom stereocenters. The van der Waals surface area contributed by atoms with Gasteiger partial charge in [-0.2, -0.15) is 4.31 Å². The first kappa shape index (κ1) is 21.6. The third-order valence-electron chi connectivity index (χ3n) is 5.29. The van der Waals surface area contributed by atoms with Gasteiger partial charge in [-0.15, -0.1) is 11.3 Å². The lowest BCUT2D eigenvalue weighted by atomic mass is 9.97. The van der Waals surface area contributed by atoms with E-state index >= 15 is 0 Å². The van der Waals surface area contributed by atoms with E-state index in [1.54, 1.807) is 0 Å². The number of carbonyl (C=O) groups excluding carboxylic acids is 1. The third-order valence-corrected chi connectivity index (χ3v) is 8.15. The van der Waals surface area contributed by atoms with Crippen LogP contribution in [0, 0.1) is 11.7 Å². The van der Waals surface area contributed by atoms with Crippen LogP contribution >= 0.6 is 11.3 Å². The van der Waals surface area contributed by atoms with E-state index in [1.165, 1.54) is 27.8 Å². The standard InChI is InChI=1S/C22H22FN3O3S2/c23-18-6-8-20(9-7-18)31(28,29)26-12-10-16(11-13-26)21(27)24-14-19-15-30-22(25-19)17-4-2-1-3-5-17/h1-9,15-16H,10-14H2,(H,24,27). The van der Waals surface area contributed by atoms with Crippen molar-refractivity contribution < 1.29 is 17.6 Å². The minimum Gasteiger partial charge on any atom is -0.350 e. The van der Waals surface area contributed by atoms with Crippen molar-refractivity contribution in [2.24, 2.45) is 5.92 Å². The number of rotatable bonds is 6. The molecule has 1 saturated heterocycles. The number of halogens is 1. The molecule has 9 heteroatoms. The molecule has 3 aromatic rings. The van der Waals surface area contributed by atoms with Gasteiger partial charge in [0.15, 0.2) is 0 Å². The first-order valence-corrected chi connectivity index (χ1v) is 12.3. The molecule has 1 aliphatic rings. The number of amides is 1. The molecule has 0 unspecified atom stereocenters. The summed E-state index contributed by atoms with van der Waals surface area (Å²) in [6, 6.07) is 14.7. The highest BCUT2D eigenvalue weighted by molar-refractivity contribution is 7.89. The molecule has 4 rings (SSSR count). The van der Waals surface area contributed by atoms with Gasteiger partial charge in [0.05, 0.1) is 17.1 Å². The quantitative estimate of drug-likeness (QED) is 0.610. The Kier molecular flexibility index (Phi) is 6.45. The Hall–Kier alpha value is -2.62. The van der Waals surface area contributed by atoms with Crippen LogP contribution in [0.3, 0.4) is 0 Å². The van der Waals surface area contributed by atoms with Crippen LogP contribution in [0.1, 0.15) is 18.5 Å². The first-order valence-electron chi connectivity index (χ1n) is 9.97. The maximum Gasteiger partial charge on any atom is 0.243 e. The second-order valence-corrected chi connectivity index (χ2v) is 10.2. The zero-order valence-corrected chi connectivity index (χ0v) is 18.3. The maximum atomic E-state index is 13.1. The number of aromatic nitrogens is 1. The molecule has 1 aromatic heterocycles. The van der Waals surface area contributed by atoms with E-state index in [2.05, 4.69) is 10.3 Å². The molecular weight excluding hydrogens is 437 g/mol. The van der Waals surface area contributed by atoms with Crippen molar-refractivity contribution in [1.82, 2.24) is 14.6 Å². The van der Waals surface area contributed by atoms with E-state index in [0.717, 1.165) is 28.4 Å². The highest BCUT2D eigenvalue weighted by Gasteiger charge is 2.32. The lowest BCUT2D eigenvalue weighted by Gasteiger charge is -2.30. The van der Waals surface area contributed by atoms with Crippen LogP contribution in [-0.2, 0) is 21.4 Å². The number of carbonyl (C=O) groups is 1. The van der Waals surface area contributed by atoms with E-state index in [9.17, 15) is 17.6 Å². The van der Waals surface area contributed by atoms with Crippen LogP contribution in [0.25, 0.3) is 10.6 Å². The second-order valence-electron chi connectivity index (χ2n) is 7.36. The second kappa shape index (κ2) is 9.25. The van der Waals surface area contributed by atoms with Crippen molar-refractivity contribution in [1.29, 1.82) is 0 Å². The minimum atomic E-state index is -3.68. The fourth-order valence-electron chi connectivity index (χ4n) is 3.54. The van der Waals surface area contributed by atoms with Gasteiger partial charge < -0.3 is 5.32 Å². The molecule has 0 radical (unpaired) electrons. The van der Waals surface area contributed by atoms with Crippen LogP contribution in [0.5, 0.6) is 0 Å². The normalized spacial score (nSPS) is 15.6. The van der Waals surface area contributed by atoms with Gasteiger partial charge in [-0.1, -0.05) is 30.3 Å². The summed E-state index contributed by atoms with van der Waals surface area (Å²) < 4.78 is 39.8. The summed E-state index contributed by atoms with van der Waals surface area (Å²) >= 11 is 1.53. The van der Waals surface area contributed by atoms with Crippen molar-refractivity contribution in [2.75, 3.05) is 13.1 Å². The molecule has 1 aliphatic heterocycles. The van der Waals surface area contributed by atoms with E-state index in [1.807, 2.05) is 35.7 Å². The first-order chi connectivity index (χ1) is 14.9. The molecule has 6 nitrogen and oxygen atoms in total. The van der Waals surface area contributed by atoms with Gasteiger partial charge in [-0.3, -0.25) is 4.79 Å². The molecule has 1 amide bonds. The van der Waals surface area contributed by atoms with Crippen molar-refractivity contribution in [3.05, 3.63) is 71.5 Å². The highest BCUT2D eigenvalue weighted by Crippen LogP contribution is 2.25. The van der Waals surface area contributed by atoms with Crippen LogP contribution in [0.4, 0.5) is 4.39 Å². The molecule has 162 valence electrons. The summed E-state index contributed by atoms with van der Waals surface area (Å²) in [5.74, 6) is -0.815. The molecule has 31 heavy (non-hydrogen) atoms. The van der Waals surface area contributed by atoms with Gasteiger partial charge in [0.1, 0.15) is 10.8 Å². The van der Waals surface area contributed by atoms with Gasteiger partial charge in [-0.05, 0) is 37.1 Å². The lowest BCUT2D eigenvalue weighted by Crippen LogP contribution is -2.42. The number of benzene rings is 2. The van der Waals surface area contributed by atoms with Crippen LogP contribution in [-0.4, -0.2) is 36.7 Å². The third kappa shape index (κ3) is 5.00. The lowest BCUT2D eigenvalue weighted by molar-refractivity contribution is -0.126. The summed E-state index contributed by atoms with van der Waals surface area (Å²) in [6.45, 7) is 0.857. The van der Waals surface area contributed by atoms with Crippen LogP contribution in [0.2, 0.25) is 0 Å². The Morgan fingerprint density at radius 1 is 1.10 bits per heavy atom. The summed E-state index contributed by atoms with van der Waals surface area (Å²) in [4.78, 5) is 17.2. The summed E-state index contributed by atoms with van der Waals surface area (Å²) in [5, 5.41) is 5.76. The molecule has 2 aromatic carbocycles. The molecule has 0 bridgehead atoms. The summed E-state index contributed by atoms with van der Waals surface area (Å²) in [6.07, 6.45) is 0.886. The van der Waals surface area contributed by atoms with E-state index in [-0.39, 0.29) is 29.8 Å². The molecule has 0 aliphatic carbocycles. The molecule has 0 saturated carbocycles. The van der Waals surface area contributed by atoms with E-state index < -0.39 is 15.8 Å². The maximum absolute atomic E-state index is 13.1. The number of hydrogen-bond acceptors (Lipinski definition) is 5. The number of piperidine rings is 1. The van der Waals surface area contributed by atoms with Crippen molar-refractivity contribution in [3.63, 3.8) is 0 Å². The highest BCUT2D eigenvalue weighted by atomic mass is 32.2. The topological polar surface area (TPSA) is 79.4 Å². The molecule has 1 N–H and O–H groups in total. The number of sulfonamides is 1. The predicted octanol–water partition coefficient (Wildman–Crippen LogP) is 3.67. The van der Waals surface area contributed by atoms with Crippen molar-refractivity contribution >= 4 is 27.3 Å². The van der Waals surface area contributed by atoms with Crippen LogP contribution in [0.15, 0.2) is 64.9 Å². The summed E-state index contributed by atoms with van der Waals surface area (Å²) in [7, 11) is -3.68. The Labute approximate surface area is 184 Å². The Morgan fingerprint density at radius 2 is 1.77 bits per heavy atom. The minimum absolute atomic E-state index is 0.0644. The van der Waals surface area contributed by atoms with Gasteiger partial charge in [-0.25, -0.2) is 17.8 Å². The summed E-state index contributed by atoms with van der Waals surface area (Å²) in [5.41, 5.74) is 1.84. The van der Waals surface area contributed by atoms with E-state index in [0.29, 0.717) is 19.4 Å². The van der Waals surface area contributed by atoms with Crippen LogP contribution < -0.4 is 5.32 Å². The SMILES string of the molecule is O=C(NCc1csc(-c2ccccc2)n1)C1CCN(S(=O)(=O)c2ccc(F)cc2)CC1. The fraction of sp³-hybridized carbons (Fsp3) is 0.273. The molecule has 2 heterocycles. The van der Waals surface area contributed by atoms with E-state index in [4.69, 9.17) is 0 Å². The predicted molar refractivity (Wildman–Crippen MR) is 117 cm³/mol. The number of nitrogens with one attached hydrogen (secondary N) is 1. The van der Waals surface area contributed by atoms with Gasteiger partial charge in [0, 0.05) is 30.0 Å². The fourth-order valence-corrected chi connectivity index (χ4v) is 5.83. The number of hydrogen-bond donors (Lipinski definition) is 1. The zero-order chi connectivity index (χ0) is 21.8. The van der Waals surface area contributed by atoms with Crippen molar-refractivity contribution in [3.8, 4) is 10.6 Å². The van der Waals surface area contributed by atoms with Gasteiger partial charge in [0.25, 0.3) is 0 Å². The van der Waals surface area contributed by atoms with Crippen molar-refractivity contribution in [2.45, 2.75) is 24.3 Å². The zero-order valence-electron chi connectivity index (χ0n) is 16.7. The molecule has 0 spiro atoms. The largest absolute Gasteiger partial charge is 0.350 e. The number of nitrogens with zero attached hydrogens (tertiary/aromatic N) is 2. The Morgan fingerprint density at radius 3 is 2.45 bits per heavy atom. The van der Waals surface area contributed by atoms with Gasteiger partial charge in [0.2, 0.25) is 15.9 Å². The Balaban J connectivity index is 1.30. The smallest absolute Gasteiger partial charge is 0.243 e. The average molecular weight is 460 g/mol. The van der Waals surface area contributed by atoms with Gasteiger partial charge >= 0.3 is 0 Å². The Bertz CT molecular complexity index is 1140. The monoisotopic (exact) mass is 459 g/mol.